The van der Waals surface area contributed by atoms with Crippen LogP contribution in [0.1, 0.15) is 27.9 Å². The van der Waals surface area contributed by atoms with Gasteiger partial charge in [0, 0.05) is 14.9 Å². The van der Waals surface area contributed by atoms with Crippen molar-refractivity contribution in [2.45, 2.75) is 25.1 Å². The summed E-state index contributed by atoms with van der Waals surface area (Å²) in [6.07, 6.45) is 0.701. The van der Waals surface area contributed by atoms with Gasteiger partial charge in [0.2, 0.25) is 0 Å². The summed E-state index contributed by atoms with van der Waals surface area (Å²) in [5.74, 6) is 1.48. The fourth-order valence-electron chi connectivity index (χ4n) is 2.77. The molecule has 1 aromatic rings. The molecule has 20 heavy (non-hydrogen) atoms. The van der Waals surface area contributed by atoms with E-state index in [4.69, 9.17) is 4.74 Å². The van der Waals surface area contributed by atoms with Crippen molar-refractivity contribution < 1.29 is 13.2 Å². The predicted octanol–water partition coefficient (Wildman–Crippen LogP) is 3.95. The molecular weight excluding hydrogens is 408 g/mol. The van der Waals surface area contributed by atoms with Crippen LogP contribution in [0.25, 0.3) is 0 Å². The van der Waals surface area contributed by atoms with Crippen LogP contribution in [0.2, 0.25) is 0 Å². The number of sulfone groups is 1. The topological polar surface area (TPSA) is 43.4 Å². The SMILES string of the molecule is COc1c(C)cc(Br)c(C)c1C(Br)C1CCS(=O)(=O)C1. The second-order valence-electron chi connectivity index (χ2n) is 5.31. The molecule has 0 aliphatic carbocycles. The lowest BCUT2D eigenvalue weighted by molar-refractivity contribution is 0.401. The Morgan fingerprint density at radius 3 is 2.55 bits per heavy atom. The number of ether oxygens (including phenoxy) is 1. The standard InChI is InChI=1S/C14H18Br2O3S/c1-8-6-11(15)9(2)12(14(8)19-3)13(16)10-4-5-20(17,18)7-10/h6,10,13H,4-5,7H2,1-3H3. The maximum Gasteiger partial charge on any atom is 0.150 e. The van der Waals surface area contributed by atoms with Gasteiger partial charge in [-0.15, -0.1) is 0 Å². The van der Waals surface area contributed by atoms with Crippen LogP contribution in [0.4, 0.5) is 0 Å². The Labute approximate surface area is 137 Å². The third-order valence-electron chi connectivity index (χ3n) is 3.87. The Bertz CT molecular complexity index is 626. The molecule has 112 valence electrons. The highest BCUT2D eigenvalue weighted by Gasteiger charge is 2.35. The normalized spacial score (nSPS) is 22.8. The molecule has 0 amide bonds. The lowest BCUT2D eigenvalue weighted by Crippen LogP contribution is -2.13. The van der Waals surface area contributed by atoms with E-state index >= 15 is 0 Å². The van der Waals surface area contributed by atoms with Crippen LogP contribution in [-0.2, 0) is 9.84 Å². The van der Waals surface area contributed by atoms with Crippen molar-refractivity contribution in [3.8, 4) is 5.75 Å². The smallest absolute Gasteiger partial charge is 0.150 e. The minimum atomic E-state index is -2.88. The summed E-state index contributed by atoms with van der Waals surface area (Å²) in [4.78, 5) is -0.00840. The molecule has 6 heteroatoms. The fraction of sp³-hybridized carbons (Fsp3) is 0.571. The summed E-state index contributed by atoms with van der Waals surface area (Å²) in [6.45, 7) is 4.02. The van der Waals surface area contributed by atoms with Gasteiger partial charge < -0.3 is 4.74 Å². The second kappa shape index (κ2) is 5.97. The molecule has 2 atom stereocenters. The van der Waals surface area contributed by atoms with Crippen LogP contribution in [0.15, 0.2) is 10.5 Å². The molecule has 0 aromatic heterocycles. The van der Waals surface area contributed by atoms with Crippen molar-refractivity contribution in [1.82, 2.24) is 0 Å². The molecule has 1 aliphatic heterocycles. The number of methoxy groups -OCH3 is 1. The molecule has 1 saturated heterocycles. The van der Waals surface area contributed by atoms with Gasteiger partial charge in [0.25, 0.3) is 0 Å². The van der Waals surface area contributed by atoms with Crippen LogP contribution < -0.4 is 4.74 Å². The number of halogens is 2. The van der Waals surface area contributed by atoms with Gasteiger partial charge in [0.1, 0.15) is 5.75 Å². The van der Waals surface area contributed by atoms with E-state index in [0.717, 1.165) is 26.9 Å². The molecule has 1 fully saturated rings. The maximum absolute atomic E-state index is 11.7. The first-order chi connectivity index (χ1) is 9.26. The van der Waals surface area contributed by atoms with Gasteiger partial charge >= 0.3 is 0 Å². The van der Waals surface area contributed by atoms with E-state index in [1.165, 1.54) is 0 Å². The molecule has 3 nitrogen and oxygen atoms in total. The van der Waals surface area contributed by atoms with Crippen molar-refractivity contribution in [2.75, 3.05) is 18.6 Å². The zero-order valence-corrected chi connectivity index (χ0v) is 15.7. The summed E-state index contributed by atoms with van der Waals surface area (Å²) < 4.78 is 29.9. The van der Waals surface area contributed by atoms with E-state index in [9.17, 15) is 8.42 Å². The first kappa shape index (κ1) is 16.3. The van der Waals surface area contributed by atoms with Crippen LogP contribution >= 0.6 is 31.9 Å². The van der Waals surface area contributed by atoms with Crippen molar-refractivity contribution >= 4 is 41.7 Å². The number of alkyl halides is 1. The van der Waals surface area contributed by atoms with Crippen molar-refractivity contribution in [1.29, 1.82) is 0 Å². The molecule has 0 radical (unpaired) electrons. The monoisotopic (exact) mass is 424 g/mol. The average molecular weight is 426 g/mol. The minimum absolute atomic E-state index is 0.00840. The Kier molecular flexibility index (Phi) is 4.87. The number of rotatable bonds is 3. The first-order valence-electron chi connectivity index (χ1n) is 6.45. The number of hydrogen-bond acceptors (Lipinski definition) is 3. The Hall–Kier alpha value is -0.0700. The van der Waals surface area contributed by atoms with Gasteiger partial charge in [-0.3, -0.25) is 0 Å². The number of hydrogen-bond donors (Lipinski definition) is 0. The summed E-state index contributed by atoms with van der Waals surface area (Å²) in [7, 11) is -1.23. The average Bonchev–Trinajstić information content (AvgIpc) is 2.73. The van der Waals surface area contributed by atoms with Crippen LogP contribution in [0, 0.1) is 19.8 Å². The molecular formula is C14H18Br2O3S. The molecule has 1 aromatic carbocycles. The van der Waals surface area contributed by atoms with E-state index in [2.05, 4.69) is 31.9 Å². The lowest BCUT2D eigenvalue weighted by Gasteiger charge is -2.23. The van der Waals surface area contributed by atoms with E-state index in [1.54, 1.807) is 7.11 Å². The highest BCUT2D eigenvalue weighted by atomic mass is 79.9. The fourth-order valence-corrected chi connectivity index (χ4v) is 6.42. The molecule has 0 spiro atoms. The van der Waals surface area contributed by atoms with Crippen molar-refractivity contribution in [3.63, 3.8) is 0 Å². The van der Waals surface area contributed by atoms with E-state index in [1.807, 2.05) is 19.9 Å². The van der Waals surface area contributed by atoms with Crippen molar-refractivity contribution in [2.24, 2.45) is 5.92 Å². The maximum atomic E-state index is 11.7. The molecule has 2 rings (SSSR count). The second-order valence-corrected chi connectivity index (χ2v) is 9.38. The molecule has 0 saturated carbocycles. The van der Waals surface area contributed by atoms with Gasteiger partial charge in [-0.1, -0.05) is 31.9 Å². The van der Waals surface area contributed by atoms with Gasteiger partial charge in [0.15, 0.2) is 9.84 Å². The van der Waals surface area contributed by atoms with E-state index < -0.39 is 9.84 Å². The largest absolute Gasteiger partial charge is 0.496 e. The molecule has 0 N–H and O–H groups in total. The quantitative estimate of drug-likeness (QED) is 0.688. The highest BCUT2D eigenvalue weighted by molar-refractivity contribution is 9.10. The molecule has 0 bridgehead atoms. The van der Waals surface area contributed by atoms with Crippen LogP contribution in [-0.4, -0.2) is 27.0 Å². The summed E-state index contributed by atoms with van der Waals surface area (Å²) in [5, 5.41) is 0. The van der Waals surface area contributed by atoms with Crippen LogP contribution in [0.3, 0.4) is 0 Å². The molecule has 2 unspecified atom stereocenters. The zero-order chi connectivity index (χ0) is 15.1. The van der Waals surface area contributed by atoms with Gasteiger partial charge in [0.05, 0.1) is 18.6 Å². The lowest BCUT2D eigenvalue weighted by atomic mass is 9.93. The van der Waals surface area contributed by atoms with Gasteiger partial charge in [-0.25, -0.2) is 8.42 Å². The molecule has 1 heterocycles. The Balaban J connectivity index is 2.46. The summed E-state index contributed by atoms with van der Waals surface area (Å²) >= 11 is 7.27. The predicted molar refractivity (Wildman–Crippen MR) is 88.6 cm³/mol. The number of benzene rings is 1. The van der Waals surface area contributed by atoms with E-state index in [-0.39, 0.29) is 22.3 Å². The number of aryl methyl sites for hydroxylation is 1. The van der Waals surface area contributed by atoms with Crippen molar-refractivity contribution in [3.05, 3.63) is 27.2 Å². The minimum Gasteiger partial charge on any atom is -0.496 e. The summed E-state index contributed by atoms with van der Waals surface area (Å²) in [5.41, 5.74) is 3.20. The van der Waals surface area contributed by atoms with Gasteiger partial charge in [-0.05, 0) is 43.4 Å². The summed E-state index contributed by atoms with van der Waals surface area (Å²) in [6, 6.07) is 2.03. The Morgan fingerprint density at radius 2 is 2.05 bits per heavy atom. The first-order valence-corrected chi connectivity index (χ1v) is 9.98. The van der Waals surface area contributed by atoms with Gasteiger partial charge in [-0.2, -0.15) is 0 Å². The van der Waals surface area contributed by atoms with E-state index in [0.29, 0.717) is 6.42 Å². The third kappa shape index (κ3) is 3.07. The zero-order valence-electron chi connectivity index (χ0n) is 11.7. The molecule has 1 aliphatic rings. The Morgan fingerprint density at radius 1 is 1.40 bits per heavy atom. The third-order valence-corrected chi connectivity index (χ3v) is 7.69. The van der Waals surface area contributed by atoms with Crippen LogP contribution in [0.5, 0.6) is 5.75 Å². The highest BCUT2D eigenvalue weighted by Crippen LogP contribution is 2.45.